The first-order chi connectivity index (χ1) is 20.6. The van der Waals surface area contributed by atoms with Crippen molar-refractivity contribution in [3.8, 4) is 11.5 Å². The van der Waals surface area contributed by atoms with Crippen molar-refractivity contribution in [2.75, 3.05) is 25.1 Å². The molecule has 11 heteroatoms. The Kier molecular flexibility index (Phi) is 10.6. The van der Waals surface area contributed by atoms with Crippen molar-refractivity contribution in [1.29, 1.82) is 0 Å². The summed E-state index contributed by atoms with van der Waals surface area (Å²) in [6.07, 6.45) is 4.97. The molecule has 1 N–H and O–H groups in total. The zero-order valence-corrected chi connectivity index (χ0v) is 25.5. The maximum Gasteiger partial charge on any atom is 0.264 e. The smallest absolute Gasteiger partial charge is 0.264 e. The molecule has 0 radical (unpaired) electrons. The number of hydrogen-bond acceptors (Lipinski definition) is 6. The highest BCUT2D eigenvalue weighted by Gasteiger charge is 2.33. The molecule has 230 valence electrons. The monoisotopic (exact) mass is 611 g/mol. The number of anilines is 1. The van der Waals surface area contributed by atoms with Gasteiger partial charge >= 0.3 is 0 Å². The van der Waals surface area contributed by atoms with E-state index in [9.17, 15) is 22.4 Å². The van der Waals surface area contributed by atoms with Crippen molar-refractivity contribution in [3.63, 3.8) is 0 Å². The van der Waals surface area contributed by atoms with E-state index in [1.807, 2.05) is 30.3 Å². The van der Waals surface area contributed by atoms with E-state index in [4.69, 9.17) is 9.47 Å². The quantitative estimate of drug-likeness (QED) is 0.312. The predicted octanol–water partition coefficient (Wildman–Crippen LogP) is 4.90. The largest absolute Gasteiger partial charge is 0.493 e. The van der Waals surface area contributed by atoms with Gasteiger partial charge in [-0.05, 0) is 61.7 Å². The number of carbonyl (C=O) groups is 2. The van der Waals surface area contributed by atoms with Gasteiger partial charge in [0.1, 0.15) is 18.4 Å². The molecule has 0 spiro atoms. The Hall–Kier alpha value is -4.12. The summed E-state index contributed by atoms with van der Waals surface area (Å²) >= 11 is 0. The van der Waals surface area contributed by atoms with Crippen LogP contribution in [0, 0.1) is 5.82 Å². The lowest BCUT2D eigenvalue weighted by Gasteiger charge is -2.33. The van der Waals surface area contributed by atoms with Gasteiger partial charge in [0.2, 0.25) is 11.8 Å². The lowest BCUT2D eigenvalue weighted by Crippen LogP contribution is -2.53. The van der Waals surface area contributed by atoms with Gasteiger partial charge in [0.25, 0.3) is 10.0 Å². The van der Waals surface area contributed by atoms with Crippen molar-refractivity contribution in [2.24, 2.45) is 0 Å². The molecule has 1 fully saturated rings. The Labute approximate surface area is 252 Å². The minimum absolute atomic E-state index is 0.0403. The maximum atomic E-state index is 14.1. The predicted molar refractivity (Wildman–Crippen MR) is 162 cm³/mol. The molecule has 0 bridgehead atoms. The average Bonchev–Trinajstić information content (AvgIpc) is 3.03. The van der Waals surface area contributed by atoms with Gasteiger partial charge in [-0.15, -0.1) is 0 Å². The Morgan fingerprint density at radius 3 is 2.21 bits per heavy atom. The fraction of sp³-hybridized carbons (Fsp3) is 0.375. The van der Waals surface area contributed by atoms with Crippen molar-refractivity contribution in [2.45, 2.75) is 62.6 Å². The first-order valence-electron chi connectivity index (χ1n) is 14.3. The SMILES string of the molecule is COc1ccc(S(=O)(=O)N(CC(=O)N(Cc2ccccc2)[C@@H](C)C(=O)NC2CCCCC2)c2ccc(F)cc2)cc1OC. The fourth-order valence-corrected chi connectivity index (χ4v) is 6.60. The lowest BCUT2D eigenvalue weighted by molar-refractivity contribution is -0.139. The van der Waals surface area contributed by atoms with Crippen LogP contribution in [0.4, 0.5) is 10.1 Å². The van der Waals surface area contributed by atoms with E-state index < -0.39 is 34.3 Å². The number of benzene rings is 3. The number of carbonyl (C=O) groups excluding carboxylic acids is 2. The molecule has 1 aliphatic carbocycles. The highest BCUT2D eigenvalue weighted by Crippen LogP contribution is 2.32. The highest BCUT2D eigenvalue weighted by atomic mass is 32.2. The van der Waals surface area contributed by atoms with Crippen LogP contribution in [0.15, 0.2) is 77.7 Å². The summed E-state index contributed by atoms with van der Waals surface area (Å²) in [5.74, 6) is -0.932. The van der Waals surface area contributed by atoms with Gasteiger partial charge in [0.15, 0.2) is 11.5 Å². The first-order valence-corrected chi connectivity index (χ1v) is 15.7. The maximum absolute atomic E-state index is 14.1. The summed E-state index contributed by atoms with van der Waals surface area (Å²) in [6.45, 7) is 1.10. The van der Waals surface area contributed by atoms with Crippen LogP contribution in [0.5, 0.6) is 11.5 Å². The Bertz CT molecular complexity index is 1500. The molecule has 3 aromatic carbocycles. The molecule has 3 aromatic rings. The Morgan fingerprint density at radius 1 is 0.930 bits per heavy atom. The van der Waals surface area contributed by atoms with Gasteiger partial charge in [-0.25, -0.2) is 12.8 Å². The average molecular weight is 612 g/mol. The summed E-state index contributed by atoms with van der Waals surface area (Å²) in [5, 5.41) is 3.08. The third-order valence-corrected chi connectivity index (χ3v) is 9.42. The molecule has 4 rings (SSSR count). The number of nitrogens with zero attached hydrogens (tertiary/aromatic N) is 2. The molecule has 1 saturated carbocycles. The summed E-state index contributed by atoms with van der Waals surface area (Å²) in [6, 6.07) is 17.3. The standard InChI is InChI=1S/C32H38FN3O6S/c1-23(32(38)34-26-12-8-5-9-13-26)35(21-24-10-6-4-7-11-24)31(37)22-36(27-16-14-25(33)15-17-27)43(39,40)28-18-19-29(41-2)30(20-28)42-3/h4,6-7,10-11,14-20,23,26H,5,8-9,12-13,21-22H2,1-3H3,(H,34,38)/t23-/m0/s1. The van der Waals surface area contributed by atoms with Crippen molar-refractivity contribution < 1.29 is 31.9 Å². The molecule has 0 aliphatic heterocycles. The van der Waals surface area contributed by atoms with Crippen molar-refractivity contribution >= 4 is 27.5 Å². The molecule has 43 heavy (non-hydrogen) atoms. The van der Waals surface area contributed by atoms with Crippen molar-refractivity contribution in [1.82, 2.24) is 10.2 Å². The molecule has 1 atom stereocenters. The second kappa shape index (κ2) is 14.4. The number of rotatable bonds is 12. The second-order valence-electron chi connectivity index (χ2n) is 10.5. The topological polar surface area (TPSA) is 105 Å². The van der Waals surface area contributed by atoms with Crippen LogP contribution in [-0.2, 0) is 26.2 Å². The van der Waals surface area contributed by atoms with Crippen LogP contribution in [0.2, 0.25) is 0 Å². The van der Waals surface area contributed by atoms with Crippen molar-refractivity contribution in [3.05, 3.63) is 84.2 Å². The summed E-state index contributed by atoms with van der Waals surface area (Å²) in [7, 11) is -1.55. The molecule has 0 saturated heterocycles. The zero-order chi connectivity index (χ0) is 31.0. The molecule has 0 aromatic heterocycles. The second-order valence-corrected chi connectivity index (χ2v) is 12.4. The van der Waals surface area contributed by atoms with Gasteiger partial charge in [0.05, 0.1) is 24.8 Å². The van der Waals surface area contributed by atoms with Crippen LogP contribution >= 0.6 is 0 Å². The van der Waals surface area contributed by atoms with Gasteiger partial charge < -0.3 is 19.7 Å². The van der Waals surface area contributed by atoms with Crippen LogP contribution in [-0.4, -0.2) is 58.0 Å². The lowest BCUT2D eigenvalue weighted by atomic mass is 9.95. The number of nitrogens with one attached hydrogen (secondary N) is 1. The number of sulfonamides is 1. The van der Waals surface area contributed by atoms with E-state index >= 15 is 0 Å². The van der Waals surface area contributed by atoms with E-state index in [0.29, 0.717) is 5.75 Å². The van der Waals surface area contributed by atoms with Gasteiger partial charge in [-0.2, -0.15) is 0 Å². The van der Waals surface area contributed by atoms with E-state index in [1.165, 1.54) is 49.5 Å². The summed E-state index contributed by atoms with van der Waals surface area (Å²) in [4.78, 5) is 28.7. The number of halogens is 1. The first kappa shape index (κ1) is 31.8. The van der Waals surface area contributed by atoms with E-state index in [0.717, 1.165) is 54.1 Å². The number of amides is 2. The number of ether oxygens (including phenoxy) is 2. The molecule has 0 heterocycles. The minimum atomic E-state index is -4.37. The third kappa shape index (κ3) is 7.84. The minimum Gasteiger partial charge on any atom is -0.493 e. The van der Waals surface area contributed by atoms with E-state index in [1.54, 1.807) is 6.92 Å². The van der Waals surface area contributed by atoms with Crippen LogP contribution in [0.1, 0.15) is 44.6 Å². The normalized spacial score (nSPS) is 14.4. The molecule has 2 amide bonds. The van der Waals surface area contributed by atoms with Gasteiger partial charge in [-0.3, -0.25) is 13.9 Å². The molecular formula is C32H38FN3O6S. The third-order valence-electron chi connectivity index (χ3n) is 7.65. The molecule has 1 aliphatic rings. The summed E-state index contributed by atoms with van der Waals surface area (Å²) in [5.41, 5.74) is 0.868. The van der Waals surface area contributed by atoms with Crippen LogP contribution in [0.3, 0.4) is 0 Å². The van der Waals surface area contributed by atoms with E-state index in [2.05, 4.69) is 5.32 Å². The summed E-state index contributed by atoms with van der Waals surface area (Å²) < 4.78 is 53.4. The Morgan fingerprint density at radius 2 is 1.58 bits per heavy atom. The van der Waals surface area contributed by atoms with Gasteiger partial charge in [0, 0.05) is 18.7 Å². The molecular weight excluding hydrogens is 573 g/mol. The highest BCUT2D eigenvalue weighted by molar-refractivity contribution is 7.92. The van der Waals surface area contributed by atoms with Crippen LogP contribution in [0.25, 0.3) is 0 Å². The van der Waals surface area contributed by atoms with Gasteiger partial charge in [-0.1, -0.05) is 49.6 Å². The fourth-order valence-electron chi connectivity index (χ4n) is 5.17. The number of hydrogen-bond donors (Lipinski definition) is 1. The number of methoxy groups -OCH3 is 2. The molecule has 0 unspecified atom stereocenters. The Balaban J connectivity index is 1.69. The zero-order valence-electron chi connectivity index (χ0n) is 24.7. The van der Waals surface area contributed by atoms with E-state index in [-0.39, 0.29) is 34.8 Å². The molecule has 9 nitrogen and oxygen atoms in total. The van der Waals surface area contributed by atoms with Crippen LogP contribution < -0.4 is 19.1 Å².